The number of halogens is 2. The van der Waals surface area contributed by atoms with Crippen LogP contribution in [-0.2, 0) is 9.59 Å². The summed E-state index contributed by atoms with van der Waals surface area (Å²) in [5.41, 5.74) is 0.206. The normalized spacial score (nSPS) is 22.2. The molecule has 25 heavy (non-hydrogen) atoms. The number of amides is 2. The summed E-state index contributed by atoms with van der Waals surface area (Å²) in [6.07, 6.45) is 2.70. The Morgan fingerprint density at radius 3 is 2.32 bits per heavy atom. The van der Waals surface area contributed by atoms with Gasteiger partial charge in [-0.3, -0.25) is 14.9 Å². The number of benzene rings is 1. The van der Waals surface area contributed by atoms with E-state index in [2.05, 4.69) is 5.32 Å². The highest BCUT2D eigenvalue weighted by molar-refractivity contribution is 6.01. The Bertz CT molecular complexity index is 649. The van der Waals surface area contributed by atoms with Crippen LogP contribution in [0.1, 0.15) is 43.6 Å². The zero-order valence-electron chi connectivity index (χ0n) is 13.9. The molecule has 5 nitrogen and oxygen atoms in total. The van der Waals surface area contributed by atoms with Gasteiger partial charge in [0.05, 0.1) is 5.92 Å². The first kappa shape index (κ1) is 17.8. The first-order chi connectivity index (χ1) is 12.0. The van der Waals surface area contributed by atoms with Gasteiger partial charge < -0.3 is 10.0 Å². The van der Waals surface area contributed by atoms with Crippen LogP contribution in [0, 0.1) is 17.6 Å². The van der Waals surface area contributed by atoms with Crippen molar-refractivity contribution >= 4 is 17.5 Å². The molecular weight excluding hydrogens is 330 g/mol. The van der Waals surface area contributed by atoms with Crippen LogP contribution in [0.4, 0.5) is 14.5 Å². The van der Waals surface area contributed by atoms with E-state index in [1.54, 1.807) is 0 Å². The van der Waals surface area contributed by atoms with Crippen LogP contribution in [0.5, 0.6) is 0 Å². The summed E-state index contributed by atoms with van der Waals surface area (Å²) in [6.45, 7) is 1.52. The average Bonchev–Trinajstić information content (AvgIpc) is 2.57. The molecule has 1 aromatic carbocycles. The number of aliphatic hydroxyl groups is 1. The van der Waals surface area contributed by atoms with Gasteiger partial charge >= 0.3 is 0 Å². The summed E-state index contributed by atoms with van der Waals surface area (Å²) >= 11 is 0. The van der Waals surface area contributed by atoms with Crippen LogP contribution in [0.25, 0.3) is 0 Å². The Balaban J connectivity index is 1.77. The first-order valence-corrected chi connectivity index (χ1v) is 8.68. The molecule has 0 radical (unpaired) electrons. The summed E-state index contributed by atoms with van der Waals surface area (Å²) in [6, 6.07) is 2.54. The quantitative estimate of drug-likeness (QED) is 0.814. The predicted octanol–water partition coefficient (Wildman–Crippen LogP) is 2.08. The summed E-state index contributed by atoms with van der Waals surface area (Å²) in [7, 11) is 0. The van der Waals surface area contributed by atoms with Crippen molar-refractivity contribution in [1.82, 2.24) is 5.32 Å². The molecule has 0 aliphatic carbocycles. The minimum atomic E-state index is -0.970. The number of imide groups is 1. The molecule has 2 aliphatic rings. The lowest BCUT2D eigenvalue weighted by Crippen LogP contribution is -2.40. The van der Waals surface area contributed by atoms with Crippen molar-refractivity contribution in [3.8, 4) is 0 Å². The van der Waals surface area contributed by atoms with Crippen molar-refractivity contribution in [3.05, 3.63) is 29.3 Å². The Morgan fingerprint density at radius 1 is 1.12 bits per heavy atom. The van der Waals surface area contributed by atoms with Gasteiger partial charge in [0.25, 0.3) is 0 Å². The molecule has 2 fully saturated rings. The third-order valence-corrected chi connectivity index (χ3v) is 5.17. The maximum Gasteiger partial charge on any atom is 0.234 e. The molecule has 3 rings (SSSR count). The lowest BCUT2D eigenvalue weighted by molar-refractivity contribution is -0.134. The number of rotatable bonds is 4. The van der Waals surface area contributed by atoms with E-state index in [9.17, 15) is 18.4 Å². The largest absolute Gasteiger partial charge is 0.396 e. The highest BCUT2D eigenvalue weighted by Gasteiger charge is 2.33. The van der Waals surface area contributed by atoms with Crippen molar-refractivity contribution in [2.24, 2.45) is 5.92 Å². The number of carbonyl (C=O) groups excluding carboxylic acids is 2. The molecule has 2 saturated heterocycles. The fourth-order valence-corrected chi connectivity index (χ4v) is 3.72. The molecule has 0 saturated carbocycles. The summed E-state index contributed by atoms with van der Waals surface area (Å²) in [5.74, 6) is -3.08. The van der Waals surface area contributed by atoms with E-state index in [1.165, 1.54) is 12.1 Å². The number of carbonyl (C=O) groups is 2. The third kappa shape index (κ3) is 3.81. The lowest BCUT2D eigenvalue weighted by atomic mass is 9.89. The number of nitrogens with one attached hydrogen (secondary N) is 1. The van der Waals surface area contributed by atoms with E-state index >= 15 is 0 Å². The second-order valence-electron chi connectivity index (χ2n) is 6.77. The van der Waals surface area contributed by atoms with Crippen molar-refractivity contribution in [1.29, 1.82) is 0 Å². The maximum atomic E-state index is 14.6. The average molecular weight is 352 g/mol. The van der Waals surface area contributed by atoms with Crippen molar-refractivity contribution in [3.63, 3.8) is 0 Å². The molecule has 2 aliphatic heterocycles. The van der Waals surface area contributed by atoms with Gasteiger partial charge in [0.1, 0.15) is 11.6 Å². The molecular formula is C18H22F2N2O3. The van der Waals surface area contributed by atoms with Crippen LogP contribution in [0.2, 0.25) is 0 Å². The monoisotopic (exact) mass is 352 g/mol. The second kappa shape index (κ2) is 7.47. The van der Waals surface area contributed by atoms with Gasteiger partial charge in [-0.05, 0) is 43.7 Å². The van der Waals surface area contributed by atoms with E-state index in [1.807, 2.05) is 4.90 Å². The van der Waals surface area contributed by atoms with E-state index in [0.29, 0.717) is 24.7 Å². The maximum absolute atomic E-state index is 14.6. The molecule has 0 aromatic heterocycles. The van der Waals surface area contributed by atoms with Gasteiger partial charge in [0, 0.05) is 37.4 Å². The van der Waals surface area contributed by atoms with E-state index < -0.39 is 29.4 Å². The van der Waals surface area contributed by atoms with Gasteiger partial charge in [-0.2, -0.15) is 0 Å². The zero-order chi connectivity index (χ0) is 18.0. The molecule has 0 unspecified atom stereocenters. The molecule has 0 bridgehead atoms. The van der Waals surface area contributed by atoms with Gasteiger partial charge in [-0.1, -0.05) is 0 Å². The van der Waals surface area contributed by atoms with Gasteiger partial charge in [0.15, 0.2) is 0 Å². The Hall–Kier alpha value is -2.02. The molecule has 7 heteroatoms. The smallest absolute Gasteiger partial charge is 0.234 e. The van der Waals surface area contributed by atoms with E-state index in [-0.39, 0.29) is 25.0 Å². The highest BCUT2D eigenvalue weighted by atomic mass is 19.1. The van der Waals surface area contributed by atoms with Crippen molar-refractivity contribution in [2.45, 2.75) is 38.0 Å². The summed E-state index contributed by atoms with van der Waals surface area (Å²) < 4.78 is 29.1. The minimum absolute atomic E-state index is 0.0788. The second-order valence-corrected chi connectivity index (χ2v) is 6.77. The molecule has 1 atom stereocenters. The molecule has 0 spiro atoms. The number of hydrogen-bond acceptors (Lipinski definition) is 4. The van der Waals surface area contributed by atoms with Gasteiger partial charge in [-0.15, -0.1) is 0 Å². The van der Waals surface area contributed by atoms with Crippen LogP contribution in [0.15, 0.2) is 12.1 Å². The molecule has 2 amide bonds. The molecule has 136 valence electrons. The Morgan fingerprint density at radius 2 is 1.76 bits per heavy atom. The SMILES string of the molecule is O=C1CC[C@H](c2c(F)cc(N3CCC(CCO)CC3)cc2F)C(=O)N1. The number of piperidine rings is 2. The fraction of sp³-hybridized carbons (Fsp3) is 0.556. The predicted molar refractivity (Wildman–Crippen MR) is 88.1 cm³/mol. The van der Waals surface area contributed by atoms with Crippen LogP contribution >= 0.6 is 0 Å². The Kier molecular flexibility index (Phi) is 5.32. The lowest BCUT2D eigenvalue weighted by Gasteiger charge is -2.34. The van der Waals surface area contributed by atoms with E-state index in [4.69, 9.17) is 5.11 Å². The third-order valence-electron chi connectivity index (χ3n) is 5.17. The van der Waals surface area contributed by atoms with Crippen LogP contribution < -0.4 is 10.2 Å². The number of hydrogen-bond donors (Lipinski definition) is 2. The van der Waals surface area contributed by atoms with E-state index in [0.717, 1.165) is 19.3 Å². The highest BCUT2D eigenvalue weighted by Crippen LogP contribution is 2.33. The molecule has 2 heterocycles. The Labute approximate surface area is 145 Å². The molecule has 2 N–H and O–H groups in total. The topological polar surface area (TPSA) is 69.6 Å². The summed E-state index contributed by atoms with van der Waals surface area (Å²) in [5, 5.41) is 11.1. The fourth-order valence-electron chi connectivity index (χ4n) is 3.72. The first-order valence-electron chi connectivity index (χ1n) is 8.68. The number of anilines is 1. The minimum Gasteiger partial charge on any atom is -0.396 e. The standard InChI is InChI=1S/C18H22F2N2O3/c19-14-9-12(22-6-3-11(4-7-22)5-8-23)10-15(20)17(14)13-1-2-16(24)21-18(13)25/h9-11,13,23H,1-8H2,(H,21,24,25)/t13-/m1/s1. The van der Waals surface area contributed by atoms with Crippen molar-refractivity contribution in [2.75, 3.05) is 24.6 Å². The van der Waals surface area contributed by atoms with Gasteiger partial charge in [0.2, 0.25) is 11.8 Å². The molecule has 1 aromatic rings. The number of nitrogens with zero attached hydrogens (tertiary/aromatic N) is 1. The van der Waals surface area contributed by atoms with Crippen molar-refractivity contribution < 1.29 is 23.5 Å². The summed E-state index contributed by atoms with van der Waals surface area (Å²) in [4.78, 5) is 25.0. The van der Waals surface area contributed by atoms with Gasteiger partial charge in [-0.25, -0.2) is 8.78 Å². The van der Waals surface area contributed by atoms with Crippen LogP contribution in [-0.4, -0.2) is 36.6 Å². The number of aliphatic hydroxyl groups excluding tert-OH is 1. The van der Waals surface area contributed by atoms with Crippen LogP contribution in [0.3, 0.4) is 0 Å². The zero-order valence-corrected chi connectivity index (χ0v) is 13.9.